The van der Waals surface area contributed by atoms with Crippen LogP contribution in [0, 0.1) is 0 Å². The molecule has 1 N–H and O–H groups in total. The molecule has 1 saturated heterocycles. The Morgan fingerprint density at radius 3 is 2.10 bits per heavy atom. The molecule has 1 saturated carbocycles. The highest BCUT2D eigenvalue weighted by Crippen LogP contribution is 2.37. The zero-order valence-corrected chi connectivity index (χ0v) is 24.1. The number of halogens is 2. The lowest BCUT2D eigenvalue weighted by molar-refractivity contribution is -0.156. The number of likely N-dealkylation sites (tertiary alicyclic amines) is 1. The van der Waals surface area contributed by atoms with Crippen molar-refractivity contribution in [1.29, 1.82) is 0 Å². The first-order valence-electron chi connectivity index (χ1n) is 13.3. The third kappa shape index (κ3) is 9.21. The number of amides is 1. The number of nitrogens with one attached hydrogen (secondary N) is 1. The number of benzene rings is 1. The summed E-state index contributed by atoms with van der Waals surface area (Å²) in [5, 5.41) is 2.77. The van der Waals surface area contributed by atoms with E-state index in [0.717, 1.165) is 5.56 Å². The summed E-state index contributed by atoms with van der Waals surface area (Å²) in [6.45, 7) is 9.76. The van der Waals surface area contributed by atoms with Crippen molar-refractivity contribution >= 4 is 18.2 Å². The lowest BCUT2D eigenvalue weighted by Gasteiger charge is -2.35. The molecule has 0 aromatic heterocycles. The summed E-state index contributed by atoms with van der Waals surface area (Å²) in [5.74, 6) is -2.83. The van der Waals surface area contributed by atoms with E-state index in [1.54, 1.807) is 60.8 Å². The van der Waals surface area contributed by atoms with Crippen molar-refractivity contribution in [1.82, 2.24) is 10.2 Å². The number of carbonyl (C=O) groups excluding carboxylic acids is 3. The molecular formula is C28H40F2N2O8. The summed E-state index contributed by atoms with van der Waals surface area (Å²) in [6.07, 6.45) is -4.29. The summed E-state index contributed by atoms with van der Waals surface area (Å²) >= 11 is 0. The maximum atomic E-state index is 13.3. The molecule has 1 heterocycles. The van der Waals surface area contributed by atoms with Gasteiger partial charge in [0.05, 0.1) is 26.2 Å². The van der Waals surface area contributed by atoms with Gasteiger partial charge in [0.15, 0.2) is 12.2 Å². The van der Waals surface area contributed by atoms with Gasteiger partial charge in [-0.15, -0.1) is 0 Å². The van der Waals surface area contributed by atoms with Crippen LogP contribution in [0.15, 0.2) is 24.3 Å². The highest BCUT2D eigenvalue weighted by atomic mass is 19.3. The number of alkyl halides is 2. The second-order valence-electron chi connectivity index (χ2n) is 12.2. The Hall–Kier alpha value is -3.15. The summed E-state index contributed by atoms with van der Waals surface area (Å²) in [4.78, 5) is 40.1. The van der Waals surface area contributed by atoms with Gasteiger partial charge in [-0.05, 0) is 65.7 Å². The van der Waals surface area contributed by atoms with E-state index < -0.39 is 59.6 Å². The van der Waals surface area contributed by atoms with Crippen molar-refractivity contribution in [3.05, 3.63) is 29.8 Å². The molecule has 224 valence electrons. The second kappa shape index (κ2) is 12.2. The van der Waals surface area contributed by atoms with Gasteiger partial charge in [0.1, 0.15) is 17.0 Å². The Kier molecular flexibility index (Phi) is 9.54. The number of hydrogen-bond donors (Lipinski definition) is 1. The quantitative estimate of drug-likeness (QED) is 0.357. The van der Waals surface area contributed by atoms with Crippen molar-refractivity contribution < 1.29 is 46.8 Å². The van der Waals surface area contributed by atoms with E-state index in [9.17, 15) is 23.2 Å². The zero-order valence-electron chi connectivity index (χ0n) is 24.1. The Morgan fingerprint density at radius 2 is 1.57 bits per heavy atom. The van der Waals surface area contributed by atoms with E-state index in [0.29, 0.717) is 5.75 Å². The van der Waals surface area contributed by atoms with Gasteiger partial charge in [-0.25, -0.2) is 18.4 Å². The normalized spacial score (nSPS) is 22.7. The molecule has 10 nitrogen and oxygen atoms in total. The maximum Gasteiger partial charge on any atom is 0.509 e. The first-order valence-corrected chi connectivity index (χ1v) is 13.3. The van der Waals surface area contributed by atoms with Crippen LogP contribution >= 0.6 is 0 Å². The fraction of sp³-hybridized carbons (Fsp3) is 0.679. The molecule has 12 heteroatoms. The van der Waals surface area contributed by atoms with Crippen molar-refractivity contribution in [3.63, 3.8) is 0 Å². The van der Waals surface area contributed by atoms with Gasteiger partial charge in [0, 0.05) is 18.9 Å². The topological polar surface area (TPSA) is 113 Å². The molecular weight excluding hydrogens is 530 g/mol. The third-order valence-electron chi connectivity index (χ3n) is 6.28. The van der Waals surface area contributed by atoms with E-state index in [1.165, 1.54) is 4.90 Å². The smallest absolute Gasteiger partial charge is 0.497 e. The van der Waals surface area contributed by atoms with Crippen LogP contribution < -0.4 is 10.1 Å². The van der Waals surface area contributed by atoms with Crippen LogP contribution in [0.2, 0.25) is 0 Å². The zero-order chi connectivity index (χ0) is 29.9. The monoisotopic (exact) mass is 570 g/mol. The lowest BCUT2D eigenvalue weighted by atomic mass is 9.88. The van der Waals surface area contributed by atoms with Crippen molar-refractivity contribution in [2.24, 2.45) is 0 Å². The predicted octanol–water partition coefficient (Wildman–Crippen LogP) is 4.48. The Bertz CT molecular complexity index is 1040. The van der Waals surface area contributed by atoms with E-state index in [-0.39, 0.29) is 32.4 Å². The molecule has 0 bridgehead atoms. The Labute approximate surface area is 233 Å². The molecule has 1 aliphatic heterocycles. The van der Waals surface area contributed by atoms with Gasteiger partial charge < -0.3 is 29.0 Å². The Morgan fingerprint density at radius 1 is 0.975 bits per heavy atom. The molecule has 2 fully saturated rings. The molecule has 1 aliphatic carbocycles. The molecule has 0 unspecified atom stereocenters. The van der Waals surface area contributed by atoms with Crippen LogP contribution in [-0.2, 0) is 30.2 Å². The van der Waals surface area contributed by atoms with Crippen LogP contribution in [-0.4, -0.2) is 84.7 Å². The van der Waals surface area contributed by atoms with E-state index in [1.807, 2.05) is 12.1 Å². The molecule has 1 amide bonds. The first-order chi connectivity index (χ1) is 18.4. The van der Waals surface area contributed by atoms with Gasteiger partial charge in [0.2, 0.25) is 0 Å². The Balaban J connectivity index is 1.85. The minimum atomic E-state index is -2.74. The average molecular weight is 571 g/mol. The molecule has 2 aliphatic rings. The van der Waals surface area contributed by atoms with Crippen LogP contribution in [0.5, 0.6) is 5.75 Å². The maximum absolute atomic E-state index is 13.3. The fourth-order valence-corrected chi connectivity index (χ4v) is 4.50. The first kappa shape index (κ1) is 31.4. The molecule has 1 aromatic rings. The number of hydrogen-bond acceptors (Lipinski definition) is 9. The fourth-order valence-electron chi connectivity index (χ4n) is 4.50. The minimum Gasteiger partial charge on any atom is -0.497 e. The highest BCUT2D eigenvalue weighted by molar-refractivity contribution is 5.73. The van der Waals surface area contributed by atoms with E-state index >= 15 is 0 Å². The molecule has 0 spiro atoms. The predicted molar refractivity (Wildman–Crippen MR) is 140 cm³/mol. The number of carbonyl (C=O) groups is 3. The van der Waals surface area contributed by atoms with Crippen LogP contribution in [0.4, 0.5) is 18.4 Å². The summed E-state index contributed by atoms with van der Waals surface area (Å²) < 4.78 is 53.9. The summed E-state index contributed by atoms with van der Waals surface area (Å²) in [7, 11) is 1.54. The lowest BCUT2D eigenvalue weighted by Crippen LogP contribution is -2.51. The summed E-state index contributed by atoms with van der Waals surface area (Å²) in [5.41, 5.74) is -0.857. The van der Waals surface area contributed by atoms with Gasteiger partial charge in [-0.2, -0.15) is 0 Å². The van der Waals surface area contributed by atoms with Crippen molar-refractivity contribution in [2.45, 2.75) is 102 Å². The molecule has 3 atom stereocenters. The minimum absolute atomic E-state index is 0.116. The van der Waals surface area contributed by atoms with Crippen LogP contribution in [0.3, 0.4) is 0 Å². The largest absolute Gasteiger partial charge is 0.509 e. The highest BCUT2D eigenvalue weighted by Gasteiger charge is 2.50. The summed E-state index contributed by atoms with van der Waals surface area (Å²) in [6, 6.07) is 5.86. The number of methoxy groups -OCH3 is 1. The van der Waals surface area contributed by atoms with E-state index in [4.69, 9.17) is 23.7 Å². The van der Waals surface area contributed by atoms with Gasteiger partial charge in [-0.3, -0.25) is 9.69 Å². The van der Waals surface area contributed by atoms with Crippen molar-refractivity contribution in [2.75, 3.05) is 20.2 Å². The molecule has 1 aromatic carbocycles. The van der Waals surface area contributed by atoms with Crippen molar-refractivity contribution in [3.8, 4) is 5.75 Å². The third-order valence-corrected chi connectivity index (χ3v) is 6.28. The number of esters is 1. The number of ether oxygens (including phenoxy) is 5. The number of rotatable bonds is 8. The standard InChI is InChI=1S/C28H40F2N2O8/c1-26(2,3)39-24(34)32-16-21(37-25(35)40-27(4,5)6)23(20(32)12-17-8-10-19(36-7)11-9-17)38-22(33)15-31-18-13-28(29,30)14-18/h8-11,18,20-21,23,31H,12-16H2,1-7H3/t20-,21+,23+/m1/s1. The van der Waals surface area contributed by atoms with Crippen LogP contribution in [0.25, 0.3) is 0 Å². The van der Waals surface area contributed by atoms with Gasteiger partial charge >= 0.3 is 18.2 Å². The SMILES string of the molecule is COc1ccc(C[C@@H]2[C@H](OC(=O)CNC3CC(F)(F)C3)[C@@H](OC(=O)OC(C)(C)C)CN2C(=O)OC(C)(C)C)cc1. The average Bonchev–Trinajstić information content (AvgIpc) is 3.11. The van der Waals surface area contributed by atoms with Crippen LogP contribution in [0.1, 0.15) is 59.9 Å². The van der Waals surface area contributed by atoms with Gasteiger partial charge in [-0.1, -0.05) is 12.1 Å². The molecule has 0 radical (unpaired) electrons. The van der Waals surface area contributed by atoms with E-state index in [2.05, 4.69) is 5.32 Å². The molecule has 40 heavy (non-hydrogen) atoms. The van der Waals surface area contributed by atoms with Gasteiger partial charge in [0.25, 0.3) is 5.92 Å². The second-order valence-corrected chi connectivity index (χ2v) is 12.2. The number of nitrogens with zero attached hydrogens (tertiary/aromatic N) is 1. The molecule has 3 rings (SSSR count).